The maximum atomic E-state index is 12.5. The summed E-state index contributed by atoms with van der Waals surface area (Å²) in [5, 5.41) is 0. The van der Waals surface area contributed by atoms with E-state index in [-0.39, 0.29) is 0 Å². The summed E-state index contributed by atoms with van der Waals surface area (Å²) in [6.45, 7) is 9.10. The molecule has 0 spiro atoms. The summed E-state index contributed by atoms with van der Waals surface area (Å²) in [7, 11) is 0.215. The number of ether oxygens (including phenoxy) is 2. The molecular formula is C17H30N2O5S. The number of hydrogen-bond donors (Lipinski definition) is 1. The van der Waals surface area contributed by atoms with Crippen LogP contribution in [0.4, 0.5) is 4.79 Å². The number of nitrogens with one attached hydrogen (secondary N) is 1. The molecule has 8 heteroatoms. The fourth-order valence-corrected chi connectivity index (χ4v) is 3.64. The smallest absolute Gasteiger partial charge is 0.417 e. The first-order valence-electron chi connectivity index (χ1n) is 8.34. The molecule has 1 rings (SSSR count). The summed E-state index contributed by atoms with van der Waals surface area (Å²) >= 11 is 0. The topological polar surface area (TPSA) is 84.9 Å². The van der Waals surface area contributed by atoms with Crippen molar-refractivity contribution in [2.75, 3.05) is 13.4 Å². The van der Waals surface area contributed by atoms with E-state index in [0.29, 0.717) is 6.42 Å². The second-order valence-electron chi connectivity index (χ2n) is 7.35. The first-order chi connectivity index (χ1) is 11.4. The van der Waals surface area contributed by atoms with Crippen molar-refractivity contribution < 1.29 is 23.3 Å². The molecule has 1 aliphatic rings. The first-order valence-corrected chi connectivity index (χ1v) is 9.90. The zero-order valence-corrected chi connectivity index (χ0v) is 16.9. The number of rotatable bonds is 7. The van der Waals surface area contributed by atoms with E-state index in [1.54, 1.807) is 34.0 Å². The highest BCUT2D eigenvalue weighted by Gasteiger charge is 2.47. The second-order valence-corrected chi connectivity index (χ2v) is 8.50. The largest absolute Gasteiger partial charge is 0.443 e. The van der Waals surface area contributed by atoms with Crippen molar-refractivity contribution in [3.05, 3.63) is 12.2 Å². The lowest BCUT2D eigenvalue weighted by Crippen LogP contribution is -2.61. The van der Waals surface area contributed by atoms with Crippen molar-refractivity contribution in [3.8, 4) is 0 Å². The highest BCUT2D eigenvalue weighted by Crippen LogP contribution is 2.30. The average Bonchev–Trinajstić information content (AvgIpc) is 2.84. The SMILES string of the molecule is CCC[C@](C)(OC)C(N[S@@](C)=O)[C@H]1C=CC(=O)N1C(=O)OC(C)(C)C. The van der Waals surface area contributed by atoms with Gasteiger partial charge in [0.15, 0.2) is 0 Å². The zero-order valence-electron chi connectivity index (χ0n) is 16.1. The van der Waals surface area contributed by atoms with Crippen LogP contribution in [0, 0.1) is 0 Å². The van der Waals surface area contributed by atoms with E-state index in [9.17, 15) is 13.8 Å². The number of hydrogen-bond acceptors (Lipinski definition) is 5. The van der Waals surface area contributed by atoms with Crippen LogP contribution in [0.15, 0.2) is 12.2 Å². The number of imide groups is 1. The highest BCUT2D eigenvalue weighted by atomic mass is 32.2. The molecule has 0 aromatic carbocycles. The van der Waals surface area contributed by atoms with Crippen LogP contribution in [-0.2, 0) is 25.3 Å². The lowest BCUT2D eigenvalue weighted by molar-refractivity contribution is -0.127. The number of carbonyl (C=O) groups is 2. The minimum Gasteiger partial charge on any atom is -0.443 e. The molecule has 1 aliphatic heterocycles. The van der Waals surface area contributed by atoms with E-state index in [1.807, 2.05) is 13.8 Å². The molecule has 1 unspecified atom stereocenters. The molecule has 0 aromatic rings. The van der Waals surface area contributed by atoms with Crippen LogP contribution in [0.25, 0.3) is 0 Å². The van der Waals surface area contributed by atoms with E-state index in [1.165, 1.54) is 12.3 Å². The summed E-state index contributed by atoms with van der Waals surface area (Å²) in [4.78, 5) is 25.9. The Labute approximate surface area is 152 Å². The molecule has 0 radical (unpaired) electrons. The number of methoxy groups -OCH3 is 1. The summed E-state index contributed by atoms with van der Waals surface area (Å²) in [6.07, 6.45) is 5.24. The zero-order chi connectivity index (χ0) is 19.4. The van der Waals surface area contributed by atoms with Gasteiger partial charge < -0.3 is 9.47 Å². The maximum absolute atomic E-state index is 12.5. The average molecular weight is 375 g/mol. The molecule has 1 heterocycles. The lowest BCUT2D eigenvalue weighted by atomic mass is 9.86. The van der Waals surface area contributed by atoms with Gasteiger partial charge in [-0.3, -0.25) is 4.79 Å². The monoisotopic (exact) mass is 374 g/mol. The van der Waals surface area contributed by atoms with Gasteiger partial charge in [0.05, 0.1) is 28.7 Å². The standard InChI is InChI=1S/C17H30N2O5S/c1-8-11-17(5,23-6)14(18-25(7)22)12-9-10-13(20)19(12)15(21)24-16(2,3)4/h9-10,12,14,18H,8,11H2,1-7H3/t12-,14?,17+,25-/m1/s1. The van der Waals surface area contributed by atoms with Gasteiger partial charge in [-0.2, -0.15) is 0 Å². The highest BCUT2D eigenvalue weighted by molar-refractivity contribution is 7.82. The predicted molar refractivity (Wildman–Crippen MR) is 97.3 cm³/mol. The van der Waals surface area contributed by atoms with Crippen molar-refractivity contribution in [2.24, 2.45) is 0 Å². The number of nitrogens with zero attached hydrogens (tertiary/aromatic N) is 1. The number of carbonyl (C=O) groups excluding carboxylic acids is 2. The predicted octanol–water partition coefficient (Wildman–Crippen LogP) is 2.15. The molecule has 0 aliphatic carbocycles. The van der Waals surface area contributed by atoms with Gasteiger partial charge in [-0.15, -0.1) is 0 Å². The van der Waals surface area contributed by atoms with Gasteiger partial charge in [0, 0.05) is 19.4 Å². The van der Waals surface area contributed by atoms with Gasteiger partial charge in [0.2, 0.25) is 0 Å². The Morgan fingerprint density at radius 1 is 1.40 bits per heavy atom. The summed E-state index contributed by atoms with van der Waals surface area (Å²) < 4.78 is 25.9. The molecule has 1 N–H and O–H groups in total. The molecule has 7 nitrogen and oxygen atoms in total. The molecule has 0 fully saturated rings. The van der Waals surface area contributed by atoms with E-state index in [4.69, 9.17) is 9.47 Å². The Kier molecular flexibility index (Phi) is 7.34. The van der Waals surface area contributed by atoms with Crippen LogP contribution in [-0.4, -0.2) is 57.8 Å². The molecule has 0 saturated carbocycles. The summed E-state index contributed by atoms with van der Waals surface area (Å²) in [5.41, 5.74) is -1.45. The van der Waals surface area contributed by atoms with Crippen molar-refractivity contribution >= 4 is 23.0 Å². The molecule has 144 valence electrons. The van der Waals surface area contributed by atoms with E-state index >= 15 is 0 Å². The summed E-state index contributed by atoms with van der Waals surface area (Å²) in [6, 6.07) is -1.19. The molecule has 0 saturated heterocycles. The molecule has 4 atom stereocenters. The van der Waals surface area contributed by atoms with Crippen molar-refractivity contribution in [2.45, 2.75) is 70.7 Å². The third-order valence-corrected chi connectivity index (χ3v) is 4.65. The Balaban J connectivity index is 3.22. The van der Waals surface area contributed by atoms with Crippen molar-refractivity contribution in [3.63, 3.8) is 0 Å². The first kappa shape index (κ1) is 21.8. The van der Waals surface area contributed by atoms with Gasteiger partial charge in [0.25, 0.3) is 5.91 Å². The molecule has 0 aromatic heterocycles. The quantitative estimate of drug-likeness (QED) is 0.738. The van der Waals surface area contributed by atoms with Crippen molar-refractivity contribution in [1.82, 2.24) is 9.62 Å². The normalized spacial score (nSPS) is 22.6. The second kappa shape index (κ2) is 8.42. The van der Waals surface area contributed by atoms with Gasteiger partial charge in [0.1, 0.15) is 5.60 Å². The molecule has 2 amide bonds. The van der Waals surface area contributed by atoms with E-state index in [2.05, 4.69) is 4.72 Å². The van der Waals surface area contributed by atoms with Crippen LogP contribution >= 0.6 is 0 Å². The fourth-order valence-electron chi connectivity index (χ4n) is 2.89. The third-order valence-electron chi connectivity index (χ3n) is 4.07. The third kappa shape index (κ3) is 5.62. The number of amides is 2. The van der Waals surface area contributed by atoms with Gasteiger partial charge >= 0.3 is 6.09 Å². The Morgan fingerprint density at radius 3 is 2.44 bits per heavy atom. The van der Waals surface area contributed by atoms with Crippen LogP contribution in [0.1, 0.15) is 47.5 Å². The fraction of sp³-hybridized carbons (Fsp3) is 0.765. The minimum atomic E-state index is -1.36. The van der Waals surface area contributed by atoms with Crippen LogP contribution in [0.2, 0.25) is 0 Å². The molecule has 25 heavy (non-hydrogen) atoms. The van der Waals surface area contributed by atoms with Gasteiger partial charge in [-0.25, -0.2) is 18.6 Å². The summed E-state index contributed by atoms with van der Waals surface area (Å²) in [5.74, 6) is -0.456. The van der Waals surface area contributed by atoms with Crippen LogP contribution in [0.3, 0.4) is 0 Å². The molecule has 0 bridgehead atoms. The van der Waals surface area contributed by atoms with Crippen LogP contribution < -0.4 is 4.72 Å². The maximum Gasteiger partial charge on any atom is 0.417 e. The Hall–Kier alpha value is -1.25. The lowest BCUT2D eigenvalue weighted by Gasteiger charge is -2.41. The van der Waals surface area contributed by atoms with E-state index < -0.39 is 46.3 Å². The molecular weight excluding hydrogens is 344 g/mol. The minimum absolute atomic E-state index is 0.456. The van der Waals surface area contributed by atoms with Crippen molar-refractivity contribution in [1.29, 1.82) is 0 Å². The van der Waals surface area contributed by atoms with Crippen LogP contribution in [0.5, 0.6) is 0 Å². The Morgan fingerprint density at radius 2 is 2.00 bits per heavy atom. The van der Waals surface area contributed by atoms with E-state index in [0.717, 1.165) is 11.3 Å². The van der Waals surface area contributed by atoms with Gasteiger partial charge in [-0.1, -0.05) is 19.4 Å². The Bertz CT molecular complexity index is 558. The van der Waals surface area contributed by atoms with Gasteiger partial charge in [-0.05, 0) is 34.1 Å².